The number of ether oxygens (including phenoxy) is 2. The Morgan fingerprint density at radius 2 is 1.77 bits per heavy atom. The molecular formula is C23H21ClN2O5. The standard InChI is InChI=1S/C23H21ClN2O5/c1-30-20-10-6-4-7-15(20)17-11-14(13-25-23(17)31-2)22(29)26-19(12-21(27)28)16-8-3-5-9-18(16)24/h3-11,13,19H,12H2,1-2H3,(H,26,29)(H,27,28). The Labute approximate surface area is 184 Å². The van der Waals surface area contributed by atoms with Gasteiger partial charge in [-0.2, -0.15) is 0 Å². The number of hydrogen-bond donors (Lipinski definition) is 2. The van der Waals surface area contributed by atoms with Crippen molar-refractivity contribution in [3.63, 3.8) is 0 Å². The second kappa shape index (κ2) is 9.95. The number of amides is 1. The normalized spacial score (nSPS) is 11.5. The van der Waals surface area contributed by atoms with Gasteiger partial charge in [-0.1, -0.05) is 48.0 Å². The summed E-state index contributed by atoms with van der Waals surface area (Å²) < 4.78 is 10.8. The molecule has 1 atom stereocenters. The second-order valence-electron chi connectivity index (χ2n) is 6.63. The van der Waals surface area contributed by atoms with Crippen molar-refractivity contribution in [2.75, 3.05) is 14.2 Å². The fourth-order valence-electron chi connectivity index (χ4n) is 3.21. The van der Waals surface area contributed by atoms with Crippen LogP contribution in [0, 0.1) is 0 Å². The predicted molar refractivity (Wildman–Crippen MR) is 117 cm³/mol. The molecule has 0 fully saturated rings. The molecule has 7 nitrogen and oxygen atoms in total. The maximum atomic E-state index is 13.0. The summed E-state index contributed by atoms with van der Waals surface area (Å²) in [5.41, 5.74) is 2.04. The van der Waals surface area contributed by atoms with Gasteiger partial charge in [0.1, 0.15) is 5.75 Å². The van der Waals surface area contributed by atoms with Crippen LogP contribution in [0.5, 0.6) is 11.6 Å². The first-order valence-electron chi connectivity index (χ1n) is 9.39. The molecule has 0 bridgehead atoms. The van der Waals surface area contributed by atoms with Crippen molar-refractivity contribution in [3.05, 3.63) is 76.9 Å². The van der Waals surface area contributed by atoms with Crippen LogP contribution in [0.15, 0.2) is 60.8 Å². The number of aliphatic carboxylic acids is 1. The Kier molecular flexibility index (Phi) is 7.10. The first kappa shape index (κ1) is 22.1. The number of halogens is 1. The number of methoxy groups -OCH3 is 2. The lowest BCUT2D eigenvalue weighted by atomic mass is 10.0. The van der Waals surface area contributed by atoms with Gasteiger partial charge in [-0.05, 0) is 23.8 Å². The third kappa shape index (κ3) is 5.13. The van der Waals surface area contributed by atoms with Crippen molar-refractivity contribution in [2.45, 2.75) is 12.5 Å². The van der Waals surface area contributed by atoms with Gasteiger partial charge in [0.2, 0.25) is 5.88 Å². The van der Waals surface area contributed by atoms with Crippen molar-refractivity contribution in [2.24, 2.45) is 0 Å². The van der Waals surface area contributed by atoms with E-state index in [1.165, 1.54) is 13.3 Å². The summed E-state index contributed by atoms with van der Waals surface area (Å²) in [6.07, 6.45) is 1.05. The number of para-hydroxylation sites is 1. The number of carboxylic acids is 1. The summed E-state index contributed by atoms with van der Waals surface area (Å²) in [5.74, 6) is -0.625. The number of carbonyl (C=O) groups is 2. The van der Waals surface area contributed by atoms with E-state index in [9.17, 15) is 14.7 Å². The third-order valence-corrected chi connectivity index (χ3v) is 5.01. The number of aromatic nitrogens is 1. The first-order chi connectivity index (χ1) is 14.9. The number of hydrogen-bond acceptors (Lipinski definition) is 5. The molecule has 31 heavy (non-hydrogen) atoms. The molecule has 3 aromatic rings. The van der Waals surface area contributed by atoms with E-state index >= 15 is 0 Å². The average molecular weight is 441 g/mol. The van der Waals surface area contributed by atoms with Gasteiger partial charge in [0.25, 0.3) is 5.91 Å². The number of pyridine rings is 1. The van der Waals surface area contributed by atoms with Crippen LogP contribution in [0.25, 0.3) is 11.1 Å². The minimum absolute atomic E-state index is 0.240. The maximum Gasteiger partial charge on any atom is 0.305 e. The highest BCUT2D eigenvalue weighted by Gasteiger charge is 2.22. The van der Waals surface area contributed by atoms with Gasteiger partial charge in [0, 0.05) is 22.3 Å². The zero-order valence-corrected chi connectivity index (χ0v) is 17.7. The summed E-state index contributed by atoms with van der Waals surface area (Å²) in [6.45, 7) is 0. The summed E-state index contributed by atoms with van der Waals surface area (Å²) in [7, 11) is 3.04. The second-order valence-corrected chi connectivity index (χ2v) is 7.03. The topological polar surface area (TPSA) is 97.8 Å². The van der Waals surface area contributed by atoms with Gasteiger partial charge in [-0.15, -0.1) is 0 Å². The van der Waals surface area contributed by atoms with E-state index < -0.39 is 17.9 Å². The summed E-state index contributed by atoms with van der Waals surface area (Å²) in [4.78, 5) is 28.6. The van der Waals surface area contributed by atoms with Gasteiger partial charge in [0.05, 0.1) is 32.2 Å². The predicted octanol–water partition coefficient (Wildman–Crippen LogP) is 4.37. The first-order valence-corrected chi connectivity index (χ1v) is 9.77. The molecule has 2 aromatic carbocycles. The van der Waals surface area contributed by atoms with Crippen molar-refractivity contribution >= 4 is 23.5 Å². The van der Waals surface area contributed by atoms with Crippen LogP contribution in [-0.4, -0.2) is 36.2 Å². The SMILES string of the molecule is COc1ccccc1-c1cc(C(=O)NC(CC(=O)O)c2ccccc2Cl)cnc1OC. The highest BCUT2D eigenvalue weighted by atomic mass is 35.5. The molecule has 2 N–H and O–H groups in total. The van der Waals surface area contributed by atoms with Crippen LogP contribution in [0.1, 0.15) is 28.4 Å². The number of carboxylic acid groups (broad SMARTS) is 1. The molecule has 0 aliphatic rings. The van der Waals surface area contributed by atoms with Crippen LogP contribution < -0.4 is 14.8 Å². The Hall–Kier alpha value is -3.58. The van der Waals surface area contributed by atoms with E-state index in [1.807, 2.05) is 18.2 Å². The van der Waals surface area contributed by atoms with Crippen molar-refractivity contribution in [3.8, 4) is 22.8 Å². The molecule has 0 saturated heterocycles. The molecule has 3 rings (SSSR count). The van der Waals surface area contributed by atoms with E-state index in [1.54, 1.807) is 43.5 Å². The number of benzene rings is 2. The van der Waals surface area contributed by atoms with Crippen molar-refractivity contribution in [1.29, 1.82) is 0 Å². The molecule has 1 unspecified atom stereocenters. The van der Waals surface area contributed by atoms with E-state index in [0.29, 0.717) is 33.3 Å². The summed E-state index contributed by atoms with van der Waals surface area (Å²) in [5, 5.41) is 12.4. The molecular weight excluding hydrogens is 420 g/mol. The maximum absolute atomic E-state index is 13.0. The van der Waals surface area contributed by atoms with Crippen LogP contribution >= 0.6 is 11.6 Å². The monoisotopic (exact) mass is 440 g/mol. The molecule has 8 heteroatoms. The van der Waals surface area contributed by atoms with Crippen LogP contribution in [0.4, 0.5) is 0 Å². The zero-order chi connectivity index (χ0) is 22.4. The van der Waals surface area contributed by atoms with E-state index in [-0.39, 0.29) is 12.0 Å². The van der Waals surface area contributed by atoms with Crippen molar-refractivity contribution < 1.29 is 24.2 Å². The molecule has 1 aromatic heterocycles. The molecule has 0 radical (unpaired) electrons. The minimum Gasteiger partial charge on any atom is -0.496 e. The van der Waals surface area contributed by atoms with Gasteiger partial charge in [0.15, 0.2) is 0 Å². The summed E-state index contributed by atoms with van der Waals surface area (Å²) >= 11 is 6.22. The quantitative estimate of drug-likeness (QED) is 0.540. The molecule has 0 saturated carbocycles. The fraction of sp³-hybridized carbons (Fsp3) is 0.174. The Balaban J connectivity index is 1.97. The Morgan fingerprint density at radius 1 is 1.06 bits per heavy atom. The van der Waals surface area contributed by atoms with Gasteiger partial charge >= 0.3 is 5.97 Å². The lowest BCUT2D eigenvalue weighted by Crippen LogP contribution is -2.30. The van der Waals surface area contributed by atoms with Gasteiger partial charge < -0.3 is 19.9 Å². The fourth-order valence-corrected chi connectivity index (χ4v) is 3.48. The molecule has 160 valence electrons. The van der Waals surface area contributed by atoms with E-state index in [4.69, 9.17) is 21.1 Å². The zero-order valence-electron chi connectivity index (χ0n) is 17.0. The lowest BCUT2D eigenvalue weighted by molar-refractivity contribution is -0.137. The Morgan fingerprint density at radius 3 is 2.45 bits per heavy atom. The van der Waals surface area contributed by atoms with E-state index in [0.717, 1.165) is 0 Å². The van der Waals surface area contributed by atoms with Gasteiger partial charge in [-0.25, -0.2) is 4.98 Å². The summed E-state index contributed by atoms with van der Waals surface area (Å²) in [6, 6.07) is 14.9. The smallest absolute Gasteiger partial charge is 0.305 e. The number of carbonyl (C=O) groups excluding carboxylic acids is 1. The van der Waals surface area contributed by atoms with Gasteiger partial charge in [-0.3, -0.25) is 9.59 Å². The highest BCUT2D eigenvalue weighted by Crippen LogP contribution is 2.35. The number of rotatable bonds is 8. The number of nitrogens with zero attached hydrogens (tertiary/aromatic N) is 1. The largest absolute Gasteiger partial charge is 0.496 e. The average Bonchev–Trinajstić information content (AvgIpc) is 2.78. The van der Waals surface area contributed by atoms with E-state index in [2.05, 4.69) is 10.3 Å². The number of nitrogens with one attached hydrogen (secondary N) is 1. The minimum atomic E-state index is -1.06. The van der Waals surface area contributed by atoms with Crippen LogP contribution in [0.2, 0.25) is 5.02 Å². The molecule has 1 heterocycles. The van der Waals surface area contributed by atoms with Crippen LogP contribution in [-0.2, 0) is 4.79 Å². The molecule has 0 aliphatic carbocycles. The van der Waals surface area contributed by atoms with Crippen LogP contribution in [0.3, 0.4) is 0 Å². The van der Waals surface area contributed by atoms with Crippen molar-refractivity contribution in [1.82, 2.24) is 10.3 Å². The highest BCUT2D eigenvalue weighted by molar-refractivity contribution is 6.31. The molecule has 0 aliphatic heterocycles. The Bertz CT molecular complexity index is 1100. The molecule has 0 spiro atoms. The third-order valence-electron chi connectivity index (χ3n) is 4.67. The lowest BCUT2D eigenvalue weighted by Gasteiger charge is -2.19. The molecule has 1 amide bonds.